The molecule has 2 aromatic carbocycles. The average Bonchev–Trinajstić information content (AvgIpc) is 3.42. The maximum absolute atomic E-state index is 14.5. The molecule has 0 fully saturated rings. The lowest BCUT2D eigenvalue weighted by Crippen LogP contribution is -2.17. The third-order valence-electron chi connectivity index (χ3n) is 4.86. The Bertz CT molecular complexity index is 1610. The number of halogens is 2. The third kappa shape index (κ3) is 3.51. The fourth-order valence-electron chi connectivity index (χ4n) is 3.50. The van der Waals surface area contributed by atoms with Crippen LogP contribution in [0, 0.1) is 24.0 Å². The number of thiazole rings is 1. The van der Waals surface area contributed by atoms with E-state index in [-0.39, 0.29) is 16.9 Å². The second-order valence-corrected chi connectivity index (χ2v) is 8.83. The Morgan fingerprint density at radius 1 is 1.16 bits per heavy atom. The van der Waals surface area contributed by atoms with E-state index in [9.17, 15) is 13.6 Å². The van der Waals surface area contributed by atoms with Crippen LogP contribution in [-0.4, -0.2) is 15.5 Å². The second-order valence-electron chi connectivity index (χ2n) is 6.88. The summed E-state index contributed by atoms with van der Waals surface area (Å²) in [6.45, 7) is -0.00773. The van der Waals surface area contributed by atoms with Gasteiger partial charge in [0.15, 0.2) is 10.6 Å². The molecule has 0 unspecified atom stereocenters. The number of carbonyl (C=O) groups excluding carboxylic acids is 1. The van der Waals surface area contributed by atoms with Crippen molar-refractivity contribution in [3.63, 3.8) is 0 Å². The highest BCUT2D eigenvalue weighted by Crippen LogP contribution is 2.28. The van der Waals surface area contributed by atoms with Gasteiger partial charge in [-0.3, -0.25) is 4.79 Å². The minimum Gasteiger partial charge on any atom is -0.302 e. The van der Waals surface area contributed by atoms with E-state index in [0.29, 0.717) is 26.9 Å². The number of terminal acetylenes is 1. The zero-order valence-electron chi connectivity index (χ0n) is 16.4. The number of thiophene rings is 1. The lowest BCUT2D eigenvalue weighted by Gasteiger charge is -2.06. The summed E-state index contributed by atoms with van der Waals surface area (Å²) < 4.78 is 29.9. The maximum atomic E-state index is 14.5. The van der Waals surface area contributed by atoms with E-state index in [0.717, 1.165) is 22.3 Å². The van der Waals surface area contributed by atoms with E-state index >= 15 is 0 Å². The van der Waals surface area contributed by atoms with Crippen LogP contribution in [0.15, 0.2) is 65.0 Å². The number of rotatable bonds is 3. The van der Waals surface area contributed by atoms with Crippen LogP contribution < -0.4 is 4.80 Å². The number of hydrogen-bond donors (Lipinski definition) is 0. The predicted octanol–water partition coefficient (Wildman–Crippen LogP) is 5.63. The number of benzene rings is 2. The van der Waals surface area contributed by atoms with E-state index in [1.54, 1.807) is 12.1 Å². The predicted molar refractivity (Wildman–Crippen MR) is 124 cm³/mol. The van der Waals surface area contributed by atoms with Crippen LogP contribution in [0.3, 0.4) is 0 Å². The molecular weight excluding hydrogens is 448 g/mol. The minimum atomic E-state index is -0.755. The molecule has 32 heavy (non-hydrogen) atoms. The molecule has 4 nitrogen and oxygen atoms in total. The topological polar surface area (TPSA) is 47.2 Å². The van der Waals surface area contributed by atoms with Gasteiger partial charge in [0, 0.05) is 11.5 Å². The number of pyridine rings is 1. The quantitative estimate of drug-likeness (QED) is 0.327. The Labute approximate surface area is 189 Å². The van der Waals surface area contributed by atoms with Crippen LogP contribution in [0.5, 0.6) is 0 Å². The summed E-state index contributed by atoms with van der Waals surface area (Å²) in [7, 11) is 0. The van der Waals surface area contributed by atoms with Gasteiger partial charge in [0.05, 0.1) is 38.4 Å². The van der Waals surface area contributed by atoms with Gasteiger partial charge in [-0.1, -0.05) is 41.5 Å². The number of carbonyl (C=O) groups is 1. The average molecular weight is 462 g/mol. The third-order valence-corrected chi connectivity index (χ3v) is 6.78. The molecule has 0 atom stereocenters. The lowest BCUT2D eigenvalue weighted by molar-refractivity contribution is 0.0999. The van der Waals surface area contributed by atoms with E-state index < -0.39 is 17.5 Å². The molecule has 0 saturated carbocycles. The highest BCUT2D eigenvalue weighted by Gasteiger charge is 2.17. The van der Waals surface area contributed by atoms with Crippen molar-refractivity contribution in [1.29, 1.82) is 0 Å². The summed E-state index contributed by atoms with van der Waals surface area (Å²) in [6.07, 6.45) is 5.45. The molecular formula is C24H13F2N3OS2. The van der Waals surface area contributed by atoms with Gasteiger partial charge in [0.25, 0.3) is 5.91 Å². The highest BCUT2D eigenvalue weighted by molar-refractivity contribution is 7.16. The fourth-order valence-corrected chi connectivity index (χ4v) is 5.26. The van der Waals surface area contributed by atoms with Crippen molar-refractivity contribution in [3.05, 3.63) is 82.0 Å². The summed E-state index contributed by atoms with van der Waals surface area (Å²) in [5.41, 5.74) is 1.83. The van der Waals surface area contributed by atoms with Gasteiger partial charge in [-0.25, -0.2) is 13.8 Å². The summed E-state index contributed by atoms with van der Waals surface area (Å²) in [4.78, 5) is 23.4. The molecule has 0 N–H and O–H groups in total. The number of hydrogen-bond acceptors (Lipinski definition) is 4. The smallest absolute Gasteiger partial charge is 0.280 e. The fraction of sp³-hybridized carbons (Fsp3) is 0.0417. The van der Waals surface area contributed by atoms with E-state index in [1.165, 1.54) is 22.0 Å². The Morgan fingerprint density at radius 3 is 2.78 bits per heavy atom. The molecule has 0 saturated heterocycles. The number of para-hydroxylation sites is 1. The first kappa shape index (κ1) is 20.2. The van der Waals surface area contributed by atoms with Crippen LogP contribution in [0.4, 0.5) is 8.78 Å². The molecule has 156 valence electrons. The molecule has 3 heterocycles. The van der Waals surface area contributed by atoms with Crippen molar-refractivity contribution >= 4 is 49.7 Å². The molecule has 1 amide bonds. The Balaban J connectivity index is 1.74. The molecule has 0 bridgehead atoms. The van der Waals surface area contributed by atoms with Crippen LogP contribution in [-0.2, 0) is 6.54 Å². The van der Waals surface area contributed by atoms with Gasteiger partial charge < -0.3 is 4.57 Å². The molecule has 8 heteroatoms. The molecule has 5 rings (SSSR count). The number of nitrogens with zero attached hydrogens (tertiary/aromatic N) is 3. The molecule has 0 radical (unpaired) electrons. The SMILES string of the molecule is C#CCn1c(=NC(=O)c2cc(-c3cccs3)nc3ccccc23)sc2cc(F)cc(F)c21. The van der Waals surface area contributed by atoms with Gasteiger partial charge in [-0.2, -0.15) is 4.99 Å². The normalized spacial score (nSPS) is 11.8. The monoisotopic (exact) mass is 461 g/mol. The number of amides is 1. The van der Waals surface area contributed by atoms with Crippen LogP contribution in [0.1, 0.15) is 10.4 Å². The second kappa shape index (κ2) is 8.11. The first-order valence-corrected chi connectivity index (χ1v) is 11.2. The van der Waals surface area contributed by atoms with Gasteiger partial charge in [0.2, 0.25) is 0 Å². The van der Waals surface area contributed by atoms with Gasteiger partial charge >= 0.3 is 0 Å². The summed E-state index contributed by atoms with van der Waals surface area (Å²) >= 11 is 2.53. The zero-order chi connectivity index (χ0) is 22.2. The highest BCUT2D eigenvalue weighted by atomic mass is 32.1. The largest absolute Gasteiger partial charge is 0.302 e. The first-order valence-electron chi connectivity index (χ1n) is 9.50. The number of aromatic nitrogens is 2. The summed E-state index contributed by atoms with van der Waals surface area (Å²) in [5.74, 6) is 0.469. The molecule has 0 aliphatic rings. The maximum Gasteiger partial charge on any atom is 0.280 e. The number of fused-ring (bicyclic) bond motifs is 2. The molecule has 0 aliphatic carbocycles. The molecule has 5 aromatic rings. The van der Waals surface area contributed by atoms with Crippen molar-refractivity contribution in [2.45, 2.75) is 6.54 Å². The summed E-state index contributed by atoms with van der Waals surface area (Å²) in [5, 5.41) is 2.59. The van der Waals surface area contributed by atoms with Gasteiger partial charge in [-0.05, 0) is 29.6 Å². The van der Waals surface area contributed by atoms with Crippen molar-refractivity contribution in [2.24, 2.45) is 4.99 Å². The first-order chi connectivity index (χ1) is 15.5. The lowest BCUT2D eigenvalue weighted by atomic mass is 10.1. The Hall–Kier alpha value is -3.67. The molecule has 0 aliphatic heterocycles. The Kier molecular flexibility index (Phi) is 5.13. The van der Waals surface area contributed by atoms with E-state index in [4.69, 9.17) is 6.42 Å². The van der Waals surface area contributed by atoms with Crippen LogP contribution in [0.2, 0.25) is 0 Å². The standard InChI is InChI=1S/C24H13F2N3OS2/c1-2-9-29-22-17(26)11-14(25)12-21(22)32-24(29)28-23(30)16-13-19(20-8-5-10-31-20)27-18-7-4-3-6-15(16)18/h1,3-8,10-13H,9H2. The van der Waals surface area contributed by atoms with Crippen molar-refractivity contribution in [3.8, 4) is 22.9 Å². The Morgan fingerprint density at radius 2 is 2.00 bits per heavy atom. The van der Waals surface area contributed by atoms with Crippen molar-refractivity contribution < 1.29 is 13.6 Å². The van der Waals surface area contributed by atoms with Crippen LogP contribution >= 0.6 is 22.7 Å². The van der Waals surface area contributed by atoms with Crippen LogP contribution in [0.25, 0.3) is 31.7 Å². The summed E-state index contributed by atoms with van der Waals surface area (Å²) in [6, 6.07) is 14.9. The molecule has 3 aromatic heterocycles. The van der Waals surface area contributed by atoms with E-state index in [1.807, 2.05) is 35.7 Å². The minimum absolute atomic E-state index is 0.00773. The van der Waals surface area contributed by atoms with E-state index in [2.05, 4.69) is 15.9 Å². The van der Waals surface area contributed by atoms with Gasteiger partial charge in [-0.15, -0.1) is 17.8 Å². The van der Waals surface area contributed by atoms with Crippen molar-refractivity contribution in [1.82, 2.24) is 9.55 Å². The zero-order valence-corrected chi connectivity index (χ0v) is 18.0. The van der Waals surface area contributed by atoms with Crippen molar-refractivity contribution in [2.75, 3.05) is 0 Å². The molecule has 0 spiro atoms. The van der Waals surface area contributed by atoms with Gasteiger partial charge in [0.1, 0.15) is 5.82 Å².